The maximum atomic E-state index is 5.34. The molecule has 18 aromatic carbocycles. The molecule has 8 nitrogen and oxygen atoms in total. The summed E-state index contributed by atoms with van der Waals surface area (Å²) in [4.78, 5) is 31.4. The molecule has 24 aromatic rings. The number of aromatic nitrogens is 8. The summed E-state index contributed by atoms with van der Waals surface area (Å²) in [6, 6.07) is 155. The van der Waals surface area contributed by atoms with E-state index in [0.717, 1.165) is 89.3 Å². The van der Waals surface area contributed by atoms with Gasteiger partial charge in [-0.25, -0.2) is 29.9 Å². The van der Waals surface area contributed by atoms with Crippen molar-refractivity contribution in [3.05, 3.63) is 437 Å². The van der Waals surface area contributed by atoms with Crippen molar-refractivity contribution in [3.63, 3.8) is 0 Å². The van der Waals surface area contributed by atoms with Gasteiger partial charge in [-0.3, -0.25) is 0 Å². The summed E-state index contributed by atoms with van der Waals surface area (Å²) in [5.74, 6) is 3.76. The zero-order valence-electron chi connectivity index (χ0n) is 67.0. The molecule has 0 aliphatic heterocycles. The second-order valence-electron chi connectivity index (χ2n) is 31.1. The average molecular weight is 1620 g/mol. The molecule has 24 rings (SSSR count). The first-order valence-corrected chi connectivity index (χ1v) is 43.3. The molecule has 0 fully saturated rings. The highest BCUT2D eigenvalue weighted by Crippen LogP contribution is 2.51. The van der Waals surface area contributed by atoms with Gasteiger partial charge in [-0.2, -0.15) is 0 Å². The highest BCUT2D eigenvalue weighted by Gasteiger charge is 2.27. The van der Waals surface area contributed by atoms with Gasteiger partial charge in [-0.1, -0.05) is 346 Å². The average Bonchev–Trinajstić information content (AvgIpc) is 1.55. The van der Waals surface area contributed by atoms with Crippen LogP contribution in [0.2, 0.25) is 0 Å². The number of thiophene rings is 2. The summed E-state index contributed by atoms with van der Waals surface area (Å²) in [5.41, 5.74) is 26.1. The van der Waals surface area contributed by atoms with Crippen LogP contribution < -0.4 is 0 Å². The number of rotatable bonds is 14. The van der Waals surface area contributed by atoms with Gasteiger partial charge in [0.1, 0.15) is 0 Å². The summed E-state index contributed by atoms with van der Waals surface area (Å²) in [7, 11) is 0. The van der Waals surface area contributed by atoms with E-state index in [1.165, 1.54) is 106 Å². The van der Waals surface area contributed by atoms with E-state index in [9.17, 15) is 0 Å². The van der Waals surface area contributed by atoms with Crippen LogP contribution in [-0.4, -0.2) is 39.0 Å². The molecule has 0 spiro atoms. The third kappa shape index (κ3) is 13.1. The lowest BCUT2D eigenvalue weighted by atomic mass is 9.89. The largest absolute Gasteiger partial charge is 0.309 e. The van der Waals surface area contributed by atoms with Crippen molar-refractivity contribution in [2.45, 2.75) is 0 Å². The minimum Gasteiger partial charge on any atom is -0.309 e. The van der Waals surface area contributed by atoms with Crippen LogP contribution >= 0.6 is 22.7 Å². The van der Waals surface area contributed by atoms with E-state index in [2.05, 4.69) is 373 Å². The number of para-hydroxylation sites is 4. The van der Waals surface area contributed by atoms with E-state index in [1.807, 2.05) is 95.5 Å². The fourth-order valence-corrected chi connectivity index (χ4v) is 20.4. The molecule has 6 heterocycles. The summed E-state index contributed by atoms with van der Waals surface area (Å²) in [5, 5.41) is 10.0. The predicted molar refractivity (Wildman–Crippen MR) is 519 cm³/mol. The molecule has 0 unspecified atom stereocenters. The van der Waals surface area contributed by atoms with E-state index in [-0.39, 0.29) is 0 Å². The fourth-order valence-electron chi connectivity index (χ4n) is 18.1. The topological polar surface area (TPSA) is 87.2 Å². The molecule has 10 heteroatoms. The summed E-state index contributed by atoms with van der Waals surface area (Å²) in [6.45, 7) is 0. The second kappa shape index (κ2) is 31.3. The molecule has 0 saturated carbocycles. The molecule has 0 amide bonds. The Morgan fingerprint density at radius 3 is 0.911 bits per heavy atom. The first-order valence-electron chi connectivity index (χ1n) is 41.7. The van der Waals surface area contributed by atoms with Crippen molar-refractivity contribution in [1.29, 1.82) is 0 Å². The highest BCUT2D eigenvalue weighted by molar-refractivity contribution is 7.26. The normalized spacial score (nSPS) is 11.5. The summed E-state index contributed by atoms with van der Waals surface area (Å²) < 4.78 is 9.81. The van der Waals surface area contributed by atoms with Crippen molar-refractivity contribution in [2.24, 2.45) is 0 Å². The first kappa shape index (κ1) is 73.2. The molecule has 0 atom stereocenters. The Balaban J connectivity index is 0.000000143. The molecule has 124 heavy (non-hydrogen) atoms. The quantitative estimate of drug-likeness (QED) is 0.108. The molecular formula is C114H72N8S2. The van der Waals surface area contributed by atoms with E-state index < -0.39 is 0 Å². The second-order valence-corrected chi connectivity index (χ2v) is 33.2. The Bertz CT molecular complexity index is 8080. The van der Waals surface area contributed by atoms with Crippen molar-refractivity contribution in [3.8, 4) is 146 Å². The van der Waals surface area contributed by atoms with Gasteiger partial charge in [0.15, 0.2) is 34.9 Å². The molecule has 6 aromatic heterocycles. The van der Waals surface area contributed by atoms with Crippen LogP contribution in [0.15, 0.2) is 437 Å². The molecule has 0 N–H and O–H groups in total. The van der Waals surface area contributed by atoms with Crippen molar-refractivity contribution in [2.75, 3.05) is 0 Å². The van der Waals surface area contributed by atoms with Crippen LogP contribution in [0.4, 0.5) is 0 Å². The van der Waals surface area contributed by atoms with Crippen LogP contribution in [0.25, 0.3) is 230 Å². The molecule has 0 radical (unpaired) electrons. The number of hydrogen-bond acceptors (Lipinski definition) is 8. The van der Waals surface area contributed by atoms with Crippen molar-refractivity contribution >= 4 is 107 Å². The summed E-state index contributed by atoms with van der Waals surface area (Å²) in [6.07, 6.45) is 0. The Morgan fingerprint density at radius 1 is 0.153 bits per heavy atom. The zero-order valence-corrected chi connectivity index (χ0v) is 68.6. The van der Waals surface area contributed by atoms with Gasteiger partial charge in [-0.15, -0.1) is 22.7 Å². The molecule has 580 valence electrons. The minimum absolute atomic E-state index is 0.620. The monoisotopic (exact) mass is 1620 g/mol. The molecular weight excluding hydrogens is 1550 g/mol. The van der Waals surface area contributed by atoms with E-state index in [4.69, 9.17) is 29.9 Å². The lowest BCUT2D eigenvalue weighted by Crippen LogP contribution is -2.01. The molecule has 0 aliphatic carbocycles. The van der Waals surface area contributed by atoms with Crippen LogP contribution in [0, 0.1) is 0 Å². The van der Waals surface area contributed by atoms with Gasteiger partial charge >= 0.3 is 0 Å². The van der Waals surface area contributed by atoms with Crippen LogP contribution in [0.1, 0.15) is 0 Å². The fraction of sp³-hybridized carbons (Fsp3) is 0. The maximum absolute atomic E-state index is 5.34. The van der Waals surface area contributed by atoms with Crippen molar-refractivity contribution < 1.29 is 0 Å². The number of nitrogens with zero attached hydrogens (tertiary/aromatic N) is 8. The van der Waals surface area contributed by atoms with E-state index >= 15 is 0 Å². The standard InChI is InChI=1S/2C57H36N4S/c1-5-18-37(19-6-1)42-26-13-14-27-43(42)40-32-33-44(47(36-40)57-59-55(38-20-7-2-8-21-38)58-56(60-57)39-22-9-3-10-23-39)45-29-17-31-50-53(45)54-51(62-50)35-34-49-52(54)46-28-15-16-30-48(46)61(49)41-24-11-4-12-25-41;1-5-17-37(18-6-1)43-25-13-14-26-44(43)40-29-31-45(47(35-40)57-59-55(38-19-7-2-8-20-38)58-56(60-57)39-21-9-3-10-22-39)41-30-33-51-48(36-41)54-52(62-51)34-32-50-53(54)46-27-15-16-28-49(46)61(50)42-23-11-4-12-24-42/h2*1-36H. The van der Waals surface area contributed by atoms with Crippen LogP contribution in [0.3, 0.4) is 0 Å². The minimum atomic E-state index is 0.620. The van der Waals surface area contributed by atoms with Crippen LogP contribution in [0.5, 0.6) is 0 Å². The number of hydrogen-bond donors (Lipinski definition) is 0. The SMILES string of the molecule is c1ccc(-c2nc(-c3ccccc3)nc(-c3cc(-c4ccccc4-c4ccccc4)ccc3-c3ccc4sc5ccc6c(c7ccccc7n6-c6ccccc6)c5c4c3)n2)cc1.c1ccc(-c2nc(-c3ccccc3)nc(-c3cc(-c4ccccc4-c4ccccc4)ccc3-c3cccc4sc5ccc6c(c7ccccc7n6-c6ccccc6)c5c34)n2)cc1. The van der Waals surface area contributed by atoms with Gasteiger partial charge in [-0.05, 0) is 158 Å². The highest BCUT2D eigenvalue weighted by atomic mass is 32.1. The third-order valence-electron chi connectivity index (χ3n) is 23.8. The van der Waals surface area contributed by atoms with Gasteiger partial charge in [0.25, 0.3) is 0 Å². The van der Waals surface area contributed by atoms with Gasteiger partial charge in [0, 0.05) is 107 Å². The van der Waals surface area contributed by atoms with E-state index in [1.54, 1.807) is 0 Å². The van der Waals surface area contributed by atoms with E-state index in [0.29, 0.717) is 34.9 Å². The maximum Gasteiger partial charge on any atom is 0.164 e. The third-order valence-corrected chi connectivity index (χ3v) is 26.0. The number of benzene rings is 18. The van der Waals surface area contributed by atoms with Crippen molar-refractivity contribution in [1.82, 2.24) is 39.0 Å². The Morgan fingerprint density at radius 2 is 0.460 bits per heavy atom. The first-order chi connectivity index (χ1) is 61.5. The van der Waals surface area contributed by atoms with Crippen LogP contribution in [-0.2, 0) is 0 Å². The predicted octanol–water partition coefficient (Wildman–Crippen LogP) is 30.7. The van der Waals surface area contributed by atoms with Gasteiger partial charge in [0.05, 0.1) is 22.1 Å². The Hall–Kier alpha value is -16.0. The Kier molecular flexibility index (Phi) is 18.5. The lowest BCUT2D eigenvalue weighted by Gasteiger charge is -2.16. The zero-order chi connectivity index (χ0) is 82.0. The lowest BCUT2D eigenvalue weighted by molar-refractivity contribution is 1.07. The smallest absolute Gasteiger partial charge is 0.164 e. The molecule has 0 saturated heterocycles. The van der Waals surface area contributed by atoms with Gasteiger partial charge in [0.2, 0.25) is 0 Å². The Labute approximate surface area is 723 Å². The molecule has 0 aliphatic rings. The number of fused-ring (bicyclic) bond motifs is 14. The molecule has 0 bridgehead atoms. The summed E-state index contributed by atoms with van der Waals surface area (Å²) >= 11 is 3.70. The van der Waals surface area contributed by atoms with Gasteiger partial charge < -0.3 is 9.13 Å².